The van der Waals surface area contributed by atoms with Gasteiger partial charge in [-0.25, -0.2) is 15.0 Å². The highest BCUT2D eigenvalue weighted by Crippen LogP contribution is 2.63. The number of rotatable bonds is 6. The first-order valence-corrected chi connectivity index (χ1v) is 24.2. The van der Waals surface area contributed by atoms with Crippen molar-refractivity contribution in [1.82, 2.24) is 19.5 Å². The fourth-order valence-corrected chi connectivity index (χ4v) is 11.8. The summed E-state index contributed by atoms with van der Waals surface area (Å²) < 4.78 is 9.17. The molecular weight excluding hydrogens is 853 g/mol. The van der Waals surface area contributed by atoms with Gasteiger partial charge in [0, 0.05) is 54.9 Å². The molecule has 5 nitrogen and oxygen atoms in total. The number of nitrogens with zero attached hydrogens (tertiary/aromatic N) is 4. The van der Waals surface area contributed by atoms with Crippen molar-refractivity contribution in [2.45, 2.75) is 24.7 Å². The summed E-state index contributed by atoms with van der Waals surface area (Å²) in [5.74, 6) is 1.91. The van der Waals surface area contributed by atoms with Crippen LogP contribution < -0.4 is 21.2 Å². The van der Waals surface area contributed by atoms with Crippen LogP contribution in [0.1, 0.15) is 52.9 Å². The van der Waals surface area contributed by atoms with Crippen LogP contribution >= 0.6 is 0 Å². The fourth-order valence-electron chi connectivity index (χ4n) is 11.8. The lowest BCUT2D eigenvalue weighted by atomic mass is 9.70. The van der Waals surface area contributed by atoms with Gasteiger partial charge in [-0.05, 0) is 94.3 Å². The van der Waals surface area contributed by atoms with Crippen molar-refractivity contribution < 1.29 is 4.42 Å². The molecule has 3 heterocycles. The van der Waals surface area contributed by atoms with Gasteiger partial charge in [0.25, 0.3) is 0 Å². The van der Waals surface area contributed by atoms with Crippen LogP contribution in [-0.4, -0.2) is 19.5 Å². The molecular formula is C65H44N4O. The molecule has 0 radical (unpaired) electrons. The maximum absolute atomic E-state index is 6.64. The molecule has 1 spiro atoms. The van der Waals surface area contributed by atoms with Crippen LogP contribution in [0.4, 0.5) is 0 Å². The van der Waals surface area contributed by atoms with Crippen LogP contribution in [0.2, 0.25) is 0 Å². The lowest BCUT2D eigenvalue weighted by molar-refractivity contribution is 0.575. The van der Waals surface area contributed by atoms with Crippen molar-refractivity contribution in [1.29, 1.82) is 0 Å². The minimum atomic E-state index is -0.430. The molecule has 0 amide bonds. The normalized spacial score (nSPS) is 15.5. The summed E-state index contributed by atoms with van der Waals surface area (Å²) in [5, 5.41) is 5.69. The third-order valence-electron chi connectivity index (χ3n) is 14.8. The standard InChI is InChI=1S/C65H44N4O/c1-2-3-31-58-52(40-60-66-63(41-19-7-4-8-20-41)68-64(67-60)42-21-9-5-10-22-42)51-39-44(33-37-59(51)70-58)43-32-36-57-50(38-43)48-34-35-56-61(62(48)69(57)45-23-11-6-12-24-45)49-27-15-18-30-55(49)65(56)53-28-16-13-25-46(53)47-26-14-17-29-54(47)65/h2-31,33-40,43H,32H2,1H3/b3-2-,52-40?,58-31+. The summed E-state index contributed by atoms with van der Waals surface area (Å²) in [4.78, 5) is 15.0. The van der Waals surface area contributed by atoms with E-state index in [9.17, 15) is 0 Å². The van der Waals surface area contributed by atoms with Crippen molar-refractivity contribution in [3.8, 4) is 50.7 Å². The molecule has 3 aliphatic rings. The van der Waals surface area contributed by atoms with E-state index in [1.54, 1.807) is 0 Å². The Kier molecular flexibility index (Phi) is 9.08. The SMILES string of the molecule is C/C=C\C=c1\oc2ccc(C3C=c4c(n(-c5ccccc5)c5c6c(ccc45)C4(c5ccccc5-c5ccccc54)c4ccccc4-6)=CC3)cc2c1=Cc1nc(-c2ccccc2)nc(-c2ccccc2)n1. The summed E-state index contributed by atoms with van der Waals surface area (Å²) in [6.07, 6.45) is 13.9. The topological polar surface area (TPSA) is 56.7 Å². The van der Waals surface area contributed by atoms with E-state index in [4.69, 9.17) is 19.4 Å². The molecule has 11 aromatic rings. The third kappa shape index (κ3) is 5.94. The van der Waals surface area contributed by atoms with Gasteiger partial charge in [-0.3, -0.25) is 0 Å². The van der Waals surface area contributed by atoms with Crippen molar-refractivity contribution >= 4 is 46.2 Å². The van der Waals surface area contributed by atoms with E-state index in [1.165, 1.54) is 71.5 Å². The van der Waals surface area contributed by atoms with E-state index in [0.29, 0.717) is 17.5 Å². The molecule has 8 aromatic carbocycles. The predicted octanol–water partition coefficient (Wildman–Crippen LogP) is 12.2. The highest BCUT2D eigenvalue weighted by Gasteiger charge is 2.52. The monoisotopic (exact) mass is 896 g/mol. The highest BCUT2D eigenvalue weighted by molar-refractivity contribution is 6.06. The zero-order chi connectivity index (χ0) is 46.3. The van der Waals surface area contributed by atoms with Gasteiger partial charge in [0.2, 0.25) is 0 Å². The largest absolute Gasteiger partial charge is 0.456 e. The molecule has 1 unspecified atom stereocenters. The summed E-state index contributed by atoms with van der Waals surface area (Å²) in [6, 6.07) is 69.9. The van der Waals surface area contributed by atoms with E-state index >= 15 is 0 Å². The Labute approximate surface area is 404 Å². The number of allylic oxidation sites excluding steroid dienone is 2. The van der Waals surface area contributed by atoms with E-state index in [-0.39, 0.29) is 5.92 Å². The van der Waals surface area contributed by atoms with Crippen LogP contribution in [-0.2, 0) is 5.41 Å². The number of hydrogen-bond donors (Lipinski definition) is 0. The molecule has 0 saturated carbocycles. The third-order valence-corrected chi connectivity index (χ3v) is 14.8. The summed E-state index contributed by atoms with van der Waals surface area (Å²) in [5.41, 5.74) is 17.2. The molecule has 0 saturated heterocycles. The molecule has 1 atom stereocenters. The predicted molar refractivity (Wildman–Crippen MR) is 284 cm³/mol. The second kappa shape index (κ2) is 15.8. The average molecular weight is 897 g/mol. The van der Waals surface area contributed by atoms with Gasteiger partial charge in [0.15, 0.2) is 17.5 Å². The van der Waals surface area contributed by atoms with Crippen LogP contribution in [0.15, 0.2) is 211 Å². The Morgan fingerprint density at radius 3 is 1.84 bits per heavy atom. The van der Waals surface area contributed by atoms with Crippen LogP contribution in [0.25, 0.3) is 96.9 Å². The molecule has 3 aliphatic carbocycles. The smallest absolute Gasteiger partial charge is 0.164 e. The van der Waals surface area contributed by atoms with Gasteiger partial charge >= 0.3 is 0 Å². The number of furan rings is 1. The molecule has 70 heavy (non-hydrogen) atoms. The van der Waals surface area contributed by atoms with Gasteiger partial charge in [0.1, 0.15) is 11.0 Å². The number of para-hydroxylation sites is 1. The molecule has 3 aromatic heterocycles. The van der Waals surface area contributed by atoms with Crippen molar-refractivity contribution in [3.63, 3.8) is 0 Å². The van der Waals surface area contributed by atoms with Crippen molar-refractivity contribution in [3.05, 3.63) is 261 Å². The number of benzene rings is 8. The lowest BCUT2D eigenvalue weighted by Gasteiger charge is -2.30. The Bertz CT molecular complexity index is 4120. The lowest BCUT2D eigenvalue weighted by Crippen LogP contribution is -2.31. The van der Waals surface area contributed by atoms with Gasteiger partial charge in [0.05, 0.1) is 10.9 Å². The summed E-state index contributed by atoms with van der Waals surface area (Å²) >= 11 is 0. The van der Waals surface area contributed by atoms with Crippen molar-refractivity contribution in [2.75, 3.05) is 0 Å². The summed E-state index contributed by atoms with van der Waals surface area (Å²) in [6.45, 7) is 2.02. The molecule has 0 aliphatic heterocycles. The van der Waals surface area contributed by atoms with Crippen molar-refractivity contribution in [2.24, 2.45) is 0 Å². The molecule has 0 N–H and O–H groups in total. The minimum Gasteiger partial charge on any atom is -0.456 e. The maximum Gasteiger partial charge on any atom is 0.164 e. The van der Waals surface area contributed by atoms with Gasteiger partial charge < -0.3 is 8.98 Å². The van der Waals surface area contributed by atoms with E-state index in [2.05, 4.69) is 156 Å². The second-order valence-electron chi connectivity index (χ2n) is 18.5. The van der Waals surface area contributed by atoms with Crippen LogP contribution in [0.5, 0.6) is 0 Å². The number of fused-ring (bicyclic) bond motifs is 15. The van der Waals surface area contributed by atoms with E-state index in [0.717, 1.165) is 44.8 Å². The average Bonchev–Trinajstić information content (AvgIpc) is 4.14. The Balaban J connectivity index is 0.980. The van der Waals surface area contributed by atoms with E-state index in [1.807, 2.05) is 85.8 Å². The van der Waals surface area contributed by atoms with Crippen LogP contribution in [0, 0.1) is 0 Å². The Morgan fingerprint density at radius 2 is 1.19 bits per heavy atom. The summed E-state index contributed by atoms with van der Waals surface area (Å²) in [7, 11) is 0. The first-order valence-electron chi connectivity index (χ1n) is 24.2. The molecule has 0 fully saturated rings. The number of hydrogen-bond acceptors (Lipinski definition) is 4. The first-order chi connectivity index (χ1) is 34.7. The molecule has 330 valence electrons. The Morgan fingerprint density at radius 1 is 0.586 bits per heavy atom. The van der Waals surface area contributed by atoms with Gasteiger partial charge in [-0.15, -0.1) is 0 Å². The number of aromatic nitrogens is 4. The Hall–Kier alpha value is -8.93. The highest BCUT2D eigenvalue weighted by atomic mass is 16.3. The van der Waals surface area contributed by atoms with E-state index < -0.39 is 5.41 Å². The van der Waals surface area contributed by atoms with Crippen LogP contribution in [0.3, 0.4) is 0 Å². The molecule has 0 bridgehead atoms. The van der Waals surface area contributed by atoms with Gasteiger partial charge in [-0.1, -0.05) is 194 Å². The molecule has 5 heteroatoms. The quantitative estimate of drug-likeness (QED) is 0.167. The fraction of sp³-hybridized carbons (Fsp3) is 0.0615. The maximum atomic E-state index is 6.64. The zero-order valence-corrected chi connectivity index (χ0v) is 38.4. The zero-order valence-electron chi connectivity index (χ0n) is 38.4. The first kappa shape index (κ1) is 40.2. The van der Waals surface area contributed by atoms with Gasteiger partial charge in [-0.2, -0.15) is 0 Å². The second-order valence-corrected chi connectivity index (χ2v) is 18.5. The minimum absolute atomic E-state index is 0.115. The molecule has 14 rings (SSSR count).